The van der Waals surface area contributed by atoms with E-state index in [1.165, 1.54) is 6.20 Å². The second-order valence-corrected chi connectivity index (χ2v) is 3.86. The number of nitrogens with zero attached hydrogens (tertiary/aromatic N) is 2. The summed E-state index contributed by atoms with van der Waals surface area (Å²) in [7, 11) is 0. The van der Waals surface area contributed by atoms with Gasteiger partial charge in [0.2, 0.25) is 0 Å². The molecule has 1 aromatic rings. The molecule has 0 aliphatic rings. The van der Waals surface area contributed by atoms with Crippen molar-refractivity contribution in [3.05, 3.63) is 23.9 Å². The smallest absolute Gasteiger partial charge is 0.276 e. The van der Waals surface area contributed by atoms with E-state index in [-0.39, 0.29) is 0 Å². The lowest BCUT2D eigenvalue weighted by molar-refractivity contribution is 0.0706. The molecule has 1 aromatic heterocycles. The maximum absolute atomic E-state index is 11.1. The zero-order valence-corrected chi connectivity index (χ0v) is 11.5. The Balaban J connectivity index is 2.74. The molecule has 1 heterocycles. The molecular formula is C10H14IN3O3. The number of aromatic nitrogens is 1. The van der Waals surface area contributed by atoms with Crippen LogP contribution in [-0.2, 0) is 3.07 Å². The van der Waals surface area contributed by atoms with Crippen molar-refractivity contribution in [2.75, 3.05) is 24.6 Å². The molecule has 0 saturated carbocycles. The highest BCUT2D eigenvalue weighted by atomic mass is 127. The second kappa shape index (κ2) is 7.41. The van der Waals surface area contributed by atoms with Crippen LogP contribution in [0.1, 0.15) is 17.3 Å². The Morgan fingerprint density at radius 1 is 1.65 bits per heavy atom. The molecule has 0 aliphatic carbocycles. The fourth-order valence-corrected chi connectivity index (χ4v) is 1.55. The van der Waals surface area contributed by atoms with Crippen LogP contribution in [0.4, 0.5) is 5.82 Å². The molecule has 0 aliphatic heterocycles. The van der Waals surface area contributed by atoms with Crippen LogP contribution in [0.5, 0.6) is 0 Å². The largest absolute Gasteiger partial charge is 0.355 e. The molecule has 1 amide bonds. The third kappa shape index (κ3) is 4.10. The molecule has 7 heteroatoms. The van der Waals surface area contributed by atoms with Crippen LogP contribution in [0.2, 0.25) is 0 Å². The van der Waals surface area contributed by atoms with E-state index in [2.05, 4.69) is 4.98 Å². The zero-order valence-electron chi connectivity index (χ0n) is 9.39. The highest BCUT2D eigenvalue weighted by Crippen LogP contribution is 2.11. The lowest BCUT2D eigenvalue weighted by atomic mass is 10.2. The highest BCUT2D eigenvalue weighted by molar-refractivity contribution is 14.1. The first-order valence-electron chi connectivity index (χ1n) is 5.12. The average molecular weight is 351 g/mol. The van der Waals surface area contributed by atoms with E-state index in [1.54, 1.807) is 17.6 Å². The monoisotopic (exact) mass is 351 g/mol. The van der Waals surface area contributed by atoms with Crippen LogP contribution >= 0.6 is 23.0 Å². The maximum atomic E-state index is 11.1. The van der Waals surface area contributed by atoms with Gasteiger partial charge in [0.05, 0.1) is 12.2 Å². The lowest BCUT2D eigenvalue weighted by Crippen LogP contribution is -2.27. The second-order valence-electron chi connectivity index (χ2n) is 3.24. The maximum Gasteiger partial charge on any atom is 0.276 e. The van der Waals surface area contributed by atoms with Gasteiger partial charge < -0.3 is 7.97 Å². The molecule has 17 heavy (non-hydrogen) atoms. The molecule has 0 spiro atoms. The predicted molar refractivity (Wildman–Crippen MR) is 71.3 cm³/mol. The number of nitrogens with one attached hydrogen (secondary N) is 1. The quantitative estimate of drug-likeness (QED) is 0.460. The SMILES string of the molecule is CCN(CCOI)c1ccc(C(=O)NO)cn1. The highest BCUT2D eigenvalue weighted by Gasteiger charge is 2.08. The number of pyridine rings is 1. The van der Waals surface area contributed by atoms with Crippen LogP contribution in [0.25, 0.3) is 0 Å². The number of hydrogen-bond acceptors (Lipinski definition) is 5. The molecule has 6 nitrogen and oxygen atoms in total. The third-order valence-electron chi connectivity index (χ3n) is 2.26. The summed E-state index contributed by atoms with van der Waals surface area (Å²) in [5.74, 6) is 0.207. The van der Waals surface area contributed by atoms with Crippen molar-refractivity contribution >= 4 is 34.7 Å². The fourth-order valence-electron chi connectivity index (χ4n) is 1.35. The van der Waals surface area contributed by atoms with Gasteiger partial charge in [0.15, 0.2) is 0 Å². The Kier molecular flexibility index (Phi) is 6.16. The Bertz CT molecular complexity index is 358. The number of carbonyl (C=O) groups is 1. The molecule has 94 valence electrons. The van der Waals surface area contributed by atoms with Crippen molar-refractivity contribution in [1.29, 1.82) is 0 Å². The Hall–Kier alpha value is -0.930. The number of rotatable bonds is 6. The van der Waals surface area contributed by atoms with Gasteiger partial charge in [-0.3, -0.25) is 10.0 Å². The Labute approximate surface area is 114 Å². The van der Waals surface area contributed by atoms with Crippen LogP contribution in [0.3, 0.4) is 0 Å². The van der Waals surface area contributed by atoms with Gasteiger partial charge in [-0.05, 0) is 19.1 Å². The van der Waals surface area contributed by atoms with Crippen LogP contribution in [0.15, 0.2) is 18.3 Å². The van der Waals surface area contributed by atoms with Crippen molar-refractivity contribution in [3.63, 3.8) is 0 Å². The number of amides is 1. The van der Waals surface area contributed by atoms with E-state index >= 15 is 0 Å². The molecule has 0 radical (unpaired) electrons. The minimum Gasteiger partial charge on any atom is -0.355 e. The molecule has 0 saturated heterocycles. The number of hydrogen-bond donors (Lipinski definition) is 2. The van der Waals surface area contributed by atoms with E-state index in [4.69, 9.17) is 8.27 Å². The normalized spacial score (nSPS) is 10.1. The van der Waals surface area contributed by atoms with Crippen LogP contribution < -0.4 is 10.4 Å². The third-order valence-corrected chi connectivity index (χ3v) is 2.70. The van der Waals surface area contributed by atoms with Gasteiger partial charge in [-0.2, -0.15) is 0 Å². The first-order chi connectivity index (χ1) is 8.22. The summed E-state index contributed by atoms with van der Waals surface area (Å²) in [5.41, 5.74) is 1.88. The number of likely N-dealkylation sites (N-methyl/N-ethyl adjacent to an activating group) is 1. The summed E-state index contributed by atoms with van der Waals surface area (Å²) in [6.07, 6.45) is 1.43. The molecular weight excluding hydrogens is 337 g/mol. The molecule has 2 N–H and O–H groups in total. The van der Waals surface area contributed by atoms with Crippen LogP contribution in [0, 0.1) is 0 Å². The van der Waals surface area contributed by atoms with Gasteiger partial charge in [0.1, 0.15) is 28.8 Å². The van der Waals surface area contributed by atoms with Gasteiger partial charge in [-0.1, -0.05) is 0 Å². The van der Waals surface area contributed by atoms with E-state index < -0.39 is 5.91 Å². The van der Waals surface area contributed by atoms with Gasteiger partial charge >= 0.3 is 0 Å². The first kappa shape index (κ1) is 14.1. The summed E-state index contributed by atoms with van der Waals surface area (Å²) in [6.45, 7) is 4.16. The van der Waals surface area contributed by atoms with Crippen molar-refractivity contribution in [1.82, 2.24) is 10.5 Å². The van der Waals surface area contributed by atoms with Crippen molar-refractivity contribution in [3.8, 4) is 0 Å². The van der Waals surface area contributed by atoms with Gasteiger partial charge in [0.25, 0.3) is 5.91 Å². The molecule has 0 aromatic carbocycles. The van der Waals surface area contributed by atoms with Crippen molar-refractivity contribution < 1.29 is 13.1 Å². The fraction of sp³-hybridized carbons (Fsp3) is 0.400. The number of carbonyl (C=O) groups excluding carboxylic acids is 1. The Morgan fingerprint density at radius 3 is 2.88 bits per heavy atom. The average Bonchev–Trinajstić information content (AvgIpc) is 2.39. The van der Waals surface area contributed by atoms with E-state index in [9.17, 15) is 4.79 Å². The van der Waals surface area contributed by atoms with Crippen molar-refractivity contribution in [2.24, 2.45) is 0 Å². The summed E-state index contributed by atoms with van der Waals surface area (Å²) >= 11 is 1.85. The number of anilines is 1. The van der Waals surface area contributed by atoms with Crippen LogP contribution in [-0.4, -0.2) is 35.8 Å². The predicted octanol–water partition coefficient (Wildman–Crippen LogP) is 1.39. The lowest BCUT2D eigenvalue weighted by Gasteiger charge is -2.21. The first-order valence-corrected chi connectivity index (χ1v) is 6.00. The summed E-state index contributed by atoms with van der Waals surface area (Å²) < 4.78 is 4.98. The summed E-state index contributed by atoms with van der Waals surface area (Å²) in [4.78, 5) is 17.3. The van der Waals surface area contributed by atoms with E-state index in [1.807, 2.05) is 34.8 Å². The minimum absolute atomic E-state index is 0.317. The zero-order chi connectivity index (χ0) is 12.7. The van der Waals surface area contributed by atoms with E-state index in [0.717, 1.165) is 18.9 Å². The summed E-state index contributed by atoms with van der Waals surface area (Å²) in [6, 6.07) is 3.35. The molecule has 0 atom stereocenters. The topological polar surface area (TPSA) is 74.7 Å². The Morgan fingerprint density at radius 2 is 2.41 bits per heavy atom. The van der Waals surface area contributed by atoms with Gasteiger partial charge in [-0.25, -0.2) is 10.5 Å². The molecule has 1 rings (SSSR count). The molecule has 0 unspecified atom stereocenters. The number of hydroxylamine groups is 1. The van der Waals surface area contributed by atoms with Crippen molar-refractivity contribution in [2.45, 2.75) is 6.92 Å². The standard InChI is InChI=1S/C10H14IN3O3/c1-2-14(5-6-17-11)9-4-3-8(7-12-9)10(15)13-16/h3-4,7,16H,2,5-6H2,1H3,(H,13,15). The summed E-state index contributed by atoms with van der Waals surface area (Å²) in [5, 5.41) is 8.47. The van der Waals surface area contributed by atoms with E-state index in [0.29, 0.717) is 12.2 Å². The molecule has 0 fully saturated rings. The minimum atomic E-state index is -0.567. The molecule has 0 bridgehead atoms. The van der Waals surface area contributed by atoms with Gasteiger partial charge in [-0.15, -0.1) is 0 Å². The number of halogens is 1. The van der Waals surface area contributed by atoms with Gasteiger partial charge in [0, 0.05) is 19.3 Å².